The maximum Gasteiger partial charge on any atom is 0.353 e. The molecule has 0 aliphatic rings. The van der Waals surface area contributed by atoms with Crippen LogP contribution in [0.3, 0.4) is 0 Å². The third-order valence-corrected chi connectivity index (χ3v) is 4.06. The molecule has 7 nitrogen and oxygen atoms in total. The van der Waals surface area contributed by atoms with Gasteiger partial charge in [0, 0.05) is 11.0 Å². The summed E-state index contributed by atoms with van der Waals surface area (Å²) in [5.74, 6) is -1.18. The summed E-state index contributed by atoms with van der Waals surface area (Å²) >= 11 is 3.14. The van der Waals surface area contributed by atoms with Gasteiger partial charge in [0.2, 0.25) is 11.6 Å². The molecule has 2 N–H and O–H groups in total. The lowest BCUT2D eigenvalue weighted by molar-refractivity contribution is -0.383. The maximum absolute atomic E-state index is 14.0. The van der Waals surface area contributed by atoms with Crippen molar-refractivity contribution in [2.75, 3.05) is 10.6 Å². The third-order valence-electron chi connectivity index (χ3n) is 3.56. The minimum Gasteiger partial charge on any atom is -0.360 e. The van der Waals surface area contributed by atoms with E-state index in [0.717, 1.165) is 6.33 Å². The maximum atomic E-state index is 14.0. The molecule has 3 rings (SSSR count). The van der Waals surface area contributed by atoms with Crippen LogP contribution in [0.2, 0.25) is 0 Å². The van der Waals surface area contributed by atoms with Crippen molar-refractivity contribution in [3.05, 3.63) is 80.6 Å². The van der Waals surface area contributed by atoms with Gasteiger partial charge in [-0.3, -0.25) is 10.1 Å². The molecule has 27 heavy (non-hydrogen) atoms. The van der Waals surface area contributed by atoms with Crippen LogP contribution in [0.4, 0.5) is 31.8 Å². The Kier molecular flexibility index (Phi) is 5.55. The van der Waals surface area contributed by atoms with Gasteiger partial charge in [-0.15, -0.1) is 0 Å². The predicted molar refractivity (Wildman–Crippen MR) is 99.8 cm³/mol. The molecule has 0 saturated carbocycles. The highest BCUT2D eigenvalue weighted by Crippen LogP contribution is 2.32. The van der Waals surface area contributed by atoms with Gasteiger partial charge in [0.25, 0.3) is 0 Å². The molecule has 0 amide bonds. The monoisotopic (exact) mass is 435 g/mol. The normalized spacial score (nSPS) is 10.5. The molecule has 0 radical (unpaired) electrons. The van der Waals surface area contributed by atoms with Gasteiger partial charge in [-0.1, -0.05) is 28.1 Å². The molecule has 10 heteroatoms. The van der Waals surface area contributed by atoms with Gasteiger partial charge < -0.3 is 10.6 Å². The third kappa shape index (κ3) is 4.53. The summed E-state index contributed by atoms with van der Waals surface area (Å²) in [6.07, 6.45) is 1.12. The van der Waals surface area contributed by atoms with Crippen LogP contribution in [-0.2, 0) is 6.54 Å². The van der Waals surface area contributed by atoms with Crippen LogP contribution in [0.25, 0.3) is 0 Å². The molecule has 3 aromatic rings. The van der Waals surface area contributed by atoms with E-state index in [1.54, 1.807) is 18.2 Å². The van der Waals surface area contributed by atoms with E-state index in [0.29, 0.717) is 10.0 Å². The van der Waals surface area contributed by atoms with Crippen molar-refractivity contribution in [2.45, 2.75) is 6.54 Å². The van der Waals surface area contributed by atoms with Gasteiger partial charge in [-0.05, 0) is 35.9 Å². The lowest BCUT2D eigenvalue weighted by atomic mass is 10.2. The van der Waals surface area contributed by atoms with E-state index in [1.165, 1.54) is 24.3 Å². The first kappa shape index (κ1) is 18.6. The van der Waals surface area contributed by atoms with E-state index in [9.17, 15) is 18.9 Å². The van der Waals surface area contributed by atoms with Crippen LogP contribution in [0.15, 0.2) is 53.3 Å². The SMILES string of the molecule is O=[N+]([O-])c1c(NCc2ccc(F)cc2)ncnc1Nc1ccc(Br)cc1F. The number of benzene rings is 2. The molecular formula is C17H12BrF2N5O2. The van der Waals surface area contributed by atoms with Crippen LogP contribution >= 0.6 is 15.9 Å². The smallest absolute Gasteiger partial charge is 0.353 e. The molecule has 0 spiro atoms. The second-order valence-corrected chi connectivity index (χ2v) is 6.32. The Morgan fingerprint density at radius 2 is 1.78 bits per heavy atom. The van der Waals surface area contributed by atoms with Crippen LogP contribution in [0, 0.1) is 21.7 Å². The second kappa shape index (κ2) is 8.04. The van der Waals surface area contributed by atoms with E-state index < -0.39 is 16.4 Å². The fraction of sp³-hybridized carbons (Fsp3) is 0.0588. The summed E-state index contributed by atoms with van der Waals surface area (Å²) in [5, 5.41) is 17.0. The molecule has 0 saturated heterocycles. The van der Waals surface area contributed by atoms with Crippen molar-refractivity contribution in [1.29, 1.82) is 0 Å². The number of halogens is 3. The fourth-order valence-electron chi connectivity index (χ4n) is 2.28. The van der Waals surface area contributed by atoms with Crippen molar-refractivity contribution in [1.82, 2.24) is 9.97 Å². The summed E-state index contributed by atoms with van der Waals surface area (Å²) in [6.45, 7) is 0.185. The first-order chi connectivity index (χ1) is 12.9. The lowest BCUT2D eigenvalue weighted by Crippen LogP contribution is -2.08. The zero-order valence-corrected chi connectivity index (χ0v) is 15.2. The number of hydrogen-bond donors (Lipinski definition) is 2. The Morgan fingerprint density at radius 3 is 2.44 bits per heavy atom. The first-order valence-corrected chi connectivity index (χ1v) is 8.43. The summed E-state index contributed by atoms with van der Waals surface area (Å²) in [6, 6.07) is 9.91. The van der Waals surface area contributed by atoms with Crippen molar-refractivity contribution in [3.63, 3.8) is 0 Å². The average molecular weight is 436 g/mol. The molecule has 0 aliphatic heterocycles. The number of aromatic nitrogens is 2. The van der Waals surface area contributed by atoms with Crippen LogP contribution in [0.5, 0.6) is 0 Å². The van der Waals surface area contributed by atoms with Gasteiger partial charge in [0.05, 0.1) is 10.6 Å². The van der Waals surface area contributed by atoms with Crippen molar-refractivity contribution >= 4 is 38.9 Å². The highest BCUT2D eigenvalue weighted by molar-refractivity contribution is 9.10. The Morgan fingerprint density at radius 1 is 1.07 bits per heavy atom. The summed E-state index contributed by atoms with van der Waals surface area (Å²) in [7, 11) is 0. The van der Waals surface area contributed by atoms with Crippen molar-refractivity contribution in [3.8, 4) is 0 Å². The van der Waals surface area contributed by atoms with Crippen LogP contribution in [0.1, 0.15) is 5.56 Å². The molecule has 0 atom stereocenters. The molecule has 0 unspecified atom stereocenters. The number of anilines is 3. The molecule has 138 valence electrons. The predicted octanol–water partition coefficient (Wildman–Crippen LogP) is 4.78. The molecule has 1 heterocycles. The van der Waals surface area contributed by atoms with Gasteiger partial charge in [0.1, 0.15) is 18.0 Å². The van der Waals surface area contributed by atoms with Gasteiger partial charge in [-0.25, -0.2) is 18.7 Å². The Bertz CT molecular complexity index is 986. The lowest BCUT2D eigenvalue weighted by Gasteiger charge is -2.11. The van der Waals surface area contributed by atoms with Gasteiger partial charge >= 0.3 is 5.69 Å². The Hall–Kier alpha value is -3.14. The Balaban J connectivity index is 1.87. The van der Waals surface area contributed by atoms with Crippen LogP contribution < -0.4 is 10.6 Å². The molecular weight excluding hydrogens is 424 g/mol. The summed E-state index contributed by atoms with van der Waals surface area (Å²) in [4.78, 5) is 18.6. The van der Waals surface area contributed by atoms with Crippen molar-refractivity contribution in [2.24, 2.45) is 0 Å². The first-order valence-electron chi connectivity index (χ1n) is 7.64. The van der Waals surface area contributed by atoms with E-state index in [-0.39, 0.29) is 29.7 Å². The van der Waals surface area contributed by atoms with Gasteiger partial charge in [0.15, 0.2) is 0 Å². The van der Waals surface area contributed by atoms with Crippen molar-refractivity contribution < 1.29 is 13.7 Å². The number of rotatable bonds is 6. The minimum atomic E-state index is -0.661. The highest BCUT2D eigenvalue weighted by atomic mass is 79.9. The fourth-order valence-corrected chi connectivity index (χ4v) is 2.61. The van der Waals surface area contributed by atoms with E-state index in [2.05, 4.69) is 36.5 Å². The largest absolute Gasteiger partial charge is 0.360 e. The minimum absolute atomic E-state index is 0.0319. The van der Waals surface area contributed by atoms with Gasteiger partial charge in [-0.2, -0.15) is 0 Å². The zero-order chi connectivity index (χ0) is 19.4. The quantitative estimate of drug-likeness (QED) is 0.427. The highest BCUT2D eigenvalue weighted by Gasteiger charge is 2.23. The summed E-state index contributed by atoms with van der Waals surface area (Å²) in [5.41, 5.74) is 0.309. The van der Waals surface area contributed by atoms with E-state index >= 15 is 0 Å². The molecule has 2 aromatic carbocycles. The summed E-state index contributed by atoms with van der Waals surface area (Å²) < 4.78 is 27.5. The Labute approximate surface area is 160 Å². The van der Waals surface area contributed by atoms with E-state index in [1.807, 2.05) is 0 Å². The number of nitrogens with one attached hydrogen (secondary N) is 2. The van der Waals surface area contributed by atoms with Crippen LogP contribution in [-0.4, -0.2) is 14.9 Å². The standard InChI is InChI=1S/C17H12BrF2N5O2/c18-11-3-6-14(13(20)7-11)24-17-15(25(26)27)16(22-9-23-17)21-8-10-1-4-12(19)5-2-10/h1-7,9H,8H2,(H2,21,22,23,24). The molecule has 0 fully saturated rings. The molecule has 1 aromatic heterocycles. The second-order valence-electron chi connectivity index (χ2n) is 5.41. The van der Waals surface area contributed by atoms with E-state index in [4.69, 9.17) is 0 Å². The number of hydrogen-bond acceptors (Lipinski definition) is 6. The molecule has 0 aliphatic carbocycles. The zero-order valence-electron chi connectivity index (χ0n) is 13.6. The number of nitro groups is 1. The number of nitrogens with zero attached hydrogens (tertiary/aromatic N) is 3. The molecule has 0 bridgehead atoms. The average Bonchev–Trinajstić information content (AvgIpc) is 2.63. The topological polar surface area (TPSA) is 93.0 Å².